The Morgan fingerprint density at radius 1 is 0.258 bits per heavy atom. The molecular formula is C56H50O2P3Ru. The summed E-state index contributed by atoms with van der Waals surface area (Å²) in [5, 5.41) is 20.0. The van der Waals surface area contributed by atoms with Gasteiger partial charge < -0.3 is 5.11 Å². The van der Waals surface area contributed by atoms with Crippen molar-refractivity contribution in [3.8, 4) is 0 Å². The van der Waals surface area contributed by atoms with E-state index < -0.39 is 29.7 Å². The molecule has 0 fully saturated rings. The second-order valence-electron chi connectivity index (χ2n) is 13.5. The number of carboxylic acid groups (broad SMARTS) is 1. The van der Waals surface area contributed by atoms with Gasteiger partial charge in [-0.2, -0.15) is 0 Å². The molecule has 0 aliphatic carbocycles. The van der Waals surface area contributed by atoms with Crippen LogP contribution in [0.15, 0.2) is 273 Å². The largest absolute Gasteiger partial charge is 0.0622 e. The molecule has 0 radical (unpaired) electrons. The molecule has 309 valence electrons. The third kappa shape index (κ3) is 14.8. The zero-order chi connectivity index (χ0) is 42.3. The summed E-state index contributed by atoms with van der Waals surface area (Å²) in [5.41, 5.74) is 0. The predicted octanol–water partition coefficient (Wildman–Crippen LogP) is 10.2. The summed E-state index contributed by atoms with van der Waals surface area (Å²) in [6, 6.07) is 97.0. The maximum atomic E-state index is 9.00. The summed E-state index contributed by atoms with van der Waals surface area (Å²) in [4.78, 5) is 9.00. The molecule has 9 aromatic carbocycles. The van der Waals surface area contributed by atoms with Crippen molar-refractivity contribution in [1.29, 1.82) is 0 Å². The van der Waals surface area contributed by atoms with E-state index in [9.17, 15) is 0 Å². The summed E-state index contributed by atoms with van der Waals surface area (Å²) in [7, 11) is -1.34. The van der Waals surface area contributed by atoms with Gasteiger partial charge in [0.15, 0.2) is 0 Å². The first-order valence-electron chi connectivity index (χ1n) is 20.1. The fourth-order valence-electron chi connectivity index (χ4n) is 6.54. The number of carboxylic acids is 1. The topological polar surface area (TPSA) is 37.3 Å². The van der Waals surface area contributed by atoms with E-state index >= 15 is 0 Å². The van der Waals surface area contributed by atoms with E-state index in [1.807, 2.05) is 0 Å². The van der Waals surface area contributed by atoms with Gasteiger partial charge in [-0.3, -0.25) is 4.79 Å². The van der Waals surface area contributed by atoms with E-state index in [1.54, 1.807) is 0 Å². The van der Waals surface area contributed by atoms with Crippen molar-refractivity contribution in [1.82, 2.24) is 0 Å². The van der Waals surface area contributed by atoms with E-state index in [2.05, 4.69) is 273 Å². The first-order valence-corrected chi connectivity index (χ1v) is 24.2. The van der Waals surface area contributed by atoms with Crippen molar-refractivity contribution >= 4 is 77.5 Å². The van der Waals surface area contributed by atoms with Gasteiger partial charge in [0.1, 0.15) is 0 Å². The molecule has 0 aromatic heterocycles. The third-order valence-electron chi connectivity index (χ3n) is 9.13. The van der Waals surface area contributed by atoms with Gasteiger partial charge in [0.25, 0.3) is 5.97 Å². The second-order valence-corrected chi connectivity index (χ2v) is 20.2. The zero-order valence-corrected chi connectivity index (χ0v) is 39.1. The van der Waals surface area contributed by atoms with Crippen LogP contribution in [0.25, 0.3) is 0 Å². The van der Waals surface area contributed by atoms with Gasteiger partial charge in [-0.25, -0.2) is 0 Å². The number of hydrogen-bond acceptors (Lipinski definition) is 1. The summed E-state index contributed by atoms with van der Waals surface area (Å²) < 4.78 is 0. The van der Waals surface area contributed by atoms with E-state index in [0.717, 1.165) is 6.92 Å². The van der Waals surface area contributed by atoms with Crippen LogP contribution in [0.1, 0.15) is 6.92 Å². The molecule has 0 saturated heterocycles. The molecule has 0 unspecified atom stereocenters. The Morgan fingerprint density at radius 2 is 0.339 bits per heavy atom. The predicted molar refractivity (Wildman–Crippen MR) is 270 cm³/mol. The van der Waals surface area contributed by atoms with Gasteiger partial charge in [0.2, 0.25) is 0 Å². The van der Waals surface area contributed by atoms with Crippen molar-refractivity contribution in [2.24, 2.45) is 0 Å². The van der Waals surface area contributed by atoms with Crippen molar-refractivity contribution < 1.29 is 29.4 Å². The van der Waals surface area contributed by atoms with Crippen LogP contribution in [0.3, 0.4) is 0 Å². The molecule has 9 aromatic rings. The molecule has 1 N–H and O–H groups in total. The SMILES string of the molecule is CC(=O)O.[RuH].c1ccc(P(c2ccccc2)c2ccccc2)cc1.c1ccc(P(c2ccccc2)c2ccccc2)cc1.c1ccc(P(c2ccccc2)c2ccccc2)cc1. The molecular weight excluding hydrogens is 899 g/mol. The Bertz CT molecular complexity index is 1970. The van der Waals surface area contributed by atoms with Crippen molar-refractivity contribution in [3.63, 3.8) is 0 Å². The van der Waals surface area contributed by atoms with Crippen LogP contribution in [0.2, 0.25) is 0 Å². The Balaban J connectivity index is 0.000000167. The Kier molecular flexibility index (Phi) is 20.4. The summed E-state index contributed by atoms with van der Waals surface area (Å²) >= 11 is 0. The molecule has 0 aliphatic heterocycles. The summed E-state index contributed by atoms with van der Waals surface area (Å²) in [5.74, 6) is -0.833. The number of carbonyl (C=O) groups is 1. The van der Waals surface area contributed by atoms with Crippen LogP contribution in [0.4, 0.5) is 0 Å². The molecule has 0 aliphatic rings. The van der Waals surface area contributed by atoms with E-state index in [-0.39, 0.29) is 19.5 Å². The molecule has 0 saturated carbocycles. The molecule has 0 atom stereocenters. The van der Waals surface area contributed by atoms with Crippen molar-refractivity contribution in [3.05, 3.63) is 273 Å². The monoisotopic (exact) mass is 949 g/mol. The average molecular weight is 949 g/mol. The first-order chi connectivity index (χ1) is 30.1. The van der Waals surface area contributed by atoms with Gasteiger partial charge >= 0.3 is 19.5 Å². The standard InChI is InChI=1S/3C18H15P.C2H4O2.Ru.H/c3*1-4-10-16(11-5-1)19(17-12-6-2-7-13-17)18-14-8-3-9-15-18;1-2(3)4;;/h3*1-15H;1H3,(H,3,4);;. The first kappa shape index (κ1) is 47.4. The second kappa shape index (κ2) is 26.6. The van der Waals surface area contributed by atoms with Gasteiger partial charge in [0.05, 0.1) is 0 Å². The minimum absolute atomic E-state index is 0. The fraction of sp³-hybridized carbons (Fsp3) is 0.0179. The molecule has 6 heteroatoms. The van der Waals surface area contributed by atoms with Gasteiger partial charge in [-0.1, -0.05) is 273 Å². The number of rotatable bonds is 9. The molecule has 2 nitrogen and oxygen atoms in total. The normalized spacial score (nSPS) is 10.1. The number of benzene rings is 9. The average Bonchev–Trinajstić information content (AvgIpc) is 3.33. The van der Waals surface area contributed by atoms with Crippen LogP contribution in [0.5, 0.6) is 0 Å². The number of aliphatic carboxylic acids is 1. The zero-order valence-electron chi connectivity index (χ0n) is 34.6. The minimum Gasteiger partial charge on any atom is -0.0622 e. The van der Waals surface area contributed by atoms with Gasteiger partial charge in [-0.05, 0) is 71.5 Å². The minimum atomic E-state index is -0.833. The van der Waals surface area contributed by atoms with Crippen LogP contribution < -0.4 is 47.7 Å². The Morgan fingerprint density at radius 3 is 0.419 bits per heavy atom. The van der Waals surface area contributed by atoms with Crippen LogP contribution in [-0.2, 0) is 24.3 Å². The molecule has 9 rings (SSSR count). The van der Waals surface area contributed by atoms with Crippen molar-refractivity contribution in [2.75, 3.05) is 0 Å². The van der Waals surface area contributed by atoms with Crippen LogP contribution in [0, 0.1) is 0 Å². The molecule has 0 bridgehead atoms. The van der Waals surface area contributed by atoms with Crippen LogP contribution >= 0.6 is 23.8 Å². The summed E-state index contributed by atoms with van der Waals surface area (Å²) in [6.07, 6.45) is 0. The smallest absolute Gasteiger partial charge is 0.0134 e. The molecule has 62 heavy (non-hydrogen) atoms. The van der Waals surface area contributed by atoms with E-state index in [0.29, 0.717) is 0 Å². The molecule has 0 amide bonds. The van der Waals surface area contributed by atoms with Crippen LogP contribution in [-0.4, -0.2) is 11.1 Å². The maximum Gasteiger partial charge on any atom is -0.0134 e. The quantitative estimate of drug-likeness (QED) is 0.116. The fourth-order valence-corrected chi connectivity index (χ4v) is 13.5. The maximum absolute atomic E-state index is 9.00. The van der Waals surface area contributed by atoms with Crippen molar-refractivity contribution in [2.45, 2.75) is 6.92 Å². The third-order valence-corrected chi connectivity index (χ3v) is 16.5. The van der Waals surface area contributed by atoms with Gasteiger partial charge in [0, 0.05) is 6.92 Å². The molecule has 0 spiro atoms. The Hall–Kier alpha value is -5.64. The van der Waals surface area contributed by atoms with E-state index in [4.69, 9.17) is 9.90 Å². The molecule has 0 heterocycles. The van der Waals surface area contributed by atoms with Gasteiger partial charge in [-0.15, -0.1) is 0 Å². The summed E-state index contributed by atoms with van der Waals surface area (Å²) in [6.45, 7) is 1.08. The number of hydrogen-bond donors (Lipinski definition) is 1. The van der Waals surface area contributed by atoms with E-state index in [1.165, 1.54) is 47.7 Å². The Labute approximate surface area is 384 Å².